The smallest absolute Gasteiger partial charge is 0.726 e. The molecule has 4 rings (SSSR count). The topological polar surface area (TPSA) is 83.5 Å². The van der Waals surface area contributed by atoms with Gasteiger partial charge in [-0.15, -0.1) is 0 Å². The van der Waals surface area contributed by atoms with Crippen molar-refractivity contribution in [2.24, 2.45) is 28.6 Å². The van der Waals surface area contributed by atoms with Gasteiger partial charge in [-0.25, -0.2) is 8.42 Å². The van der Waals surface area contributed by atoms with Crippen molar-refractivity contribution >= 4 is 16.2 Å². The Morgan fingerprint density at radius 1 is 1.14 bits per heavy atom. The second kappa shape index (κ2) is 7.61. The fourth-order valence-electron chi connectivity index (χ4n) is 7.15. The van der Waals surface area contributed by atoms with E-state index in [0.29, 0.717) is 30.6 Å². The van der Waals surface area contributed by atoms with Gasteiger partial charge in [0.1, 0.15) is 0 Å². The minimum absolute atomic E-state index is 0. The molecular weight excluding hydrogens is 387 g/mol. The third kappa shape index (κ3) is 3.52. The van der Waals surface area contributed by atoms with Crippen LogP contribution in [0.5, 0.6) is 0 Å². The largest absolute Gasteiger partial charge is 1.00 e. The van der Waals surface area contributed by atoms with Gasteiger partial charge in [0.05, 0.1) is 6.10 Å². The molecule has 0 amide bonds. The molecule has 0 aliphatic heterocycles. The summed E-state index contributed by atoms with van der Waals surface area (Å²) in [5, 5.41) is 0. The third-order valence-electron chi connectivity index (χ3n) is 8.37. The van der Waals surface area contributed by atoms with Crippen LogP contribution in [0.25, 0.3) is 0 Å². The van der Waals surface area contributed by atoms with E-state index in [1.807, 2.05) is 19.1 Å². The molecular formula is C21H29NaO5S. The first-order valence-corrected chi connectivity index (χ1v) is 11.5. The number of hydrogen-bond acceptors (Lipinski definition) is 5. The number of rotatable bonds is 2. The average molecular weight is 417 g/mol. The number of allylic oxidation sites excluding steroid dienone is 2. The number of hydrogen-bond donors (Lipinski definition) is 0. The van der Waals surface area contributed by atoms with E-state index in [1.165, 1.54) is 5.57 Å². The summed E-state index contributed by atoms with van der Waals surface area (Å²) in [7, 11) is -4.72. The molecule has 7 heteroatoms. The predicted molar refractivity (Wildman–Crippen MR) is 100 cm³/mol. The maximum atomic E-state index is 11.9. The van der Waals surface area contributed by atoms with Crippen LogP contribution < -0.4 is 29.6 Å². The molecule has 0 bridgehead atoms. The van der Waals surface area contributed by atoms with Crippen LogP contribution in [0, 0.1) is 28.6 Å². The summed E-state index contributed by atoms with van der Waals surface area (Å²) in [6.07, 6.45) is 9.44. The molecule has 0 spiro atoms. The van der Waals surface area contributed by atoms with Crippen molar-refractivity contribution < 1.29 is 51.5 Å². The summed E-state index contributed by atoms with van der Waals surface area (Å²) in [6.45, 7) is 6.47. The van der Waals surface area contributed by atoms with Crippen molar-refractivity contribution in [3.63, 3.8) is 0 Å². The Morgan fingerprint density at radius 2 is 1.86 bits per heavy atom. The second-order valence-electron chi connectivity index (χ2n) is 9.40. The van der Waals surface area contributed by atoms with E-state index in [1.54, 1.807) is 0 Å². The van der Waals surface area contributed by atoms with Crippen molar-refractivity contribution in [1.29, 1.82) is 0 Å². The zero-order valence-corrected chi connectivity index (χ0v) is 20.2. The van der Waals surface area contributed by atoms with Crippen LogP contribution >= 0.6 is 0 Å². The van der Waals surface area contributed by atoms with Crippen molar-refractivity contribution in [1.82, 2.24) is 0 Å². The minimum atomic E-state index is -4.72. The third-order valence-corrected chi connectivity index (χ3v) is 8.84. The molecule has 0 saturated heterocycles. The average Bonchev–Trinajstić information content (AvgIpc) is 2.84. The second-order valence-corrected chi connectivity index (χ2v) is 10.4. The van der Waals surface area contributed by atoms with Crippen molar-refractivity contribution in [2.75, 3.05) is 0 Å². The quantitative estimate of drug-likeness (QED) is 0.289. The molecule has 5 nitrogen and oxygen atoms in total. The van der Waals surface area contributed by atoms with Gasteiger partial charge in [0.25, 0.3) is 0 Å². The number of carbonyl (C=O) groups excluding carboxylic acids is 1. The Balaban J connectivity index is 0.00000225. The van der Waals surface area contributed by atoms with Gasteiger partial charge >= 0.3 is 29.6 Å². The molecule has 0 aromatic rings. The first kappa shape index (κ1) is 22.7. The molecule has 0 heterocycles. The van der Waals surface area contributed by atoms with E-state index in [4.69, 9.17) is 4.18 Å². The van der Waals surface area contributed by atoms with Crippen molar-refractivity contribution in [3.8, 4) is 0 Å². The van der Waals surface area contributed by atoms with Crippen molar-refractivity contribution in [3.05, 3.63) is 23.3 Å². The zero-order valence-electron chi connectivity index (χ0n) is 17.4. The van der Waals surface area contributed by atoms with Gasteiger partial charge in [-0.3, -0.25) is 8.98 Å². The summed E-state index contributed by atoms with van der Waals surface area (Å²) in [6, 6.07) is 0. The normalized spacial score (nSPS) is 44.2. The summed E-state index contributed by atoms with van der Waals surface area (Å²) >= 11 is 0. The molecule has 150 valence electrons. The zero-order chi connectivity index (χ0) is 19.6. The molecule has 0 aromatic heterocycles. The Kier molecular flexibility index (Phi) is 6.17. The molecule has 4 aliphatic rings. The van der Waals surface area contributed by atoms with E-state index in [9.17, 15) is 17.8 Å². The molecule has 6 atom stereocenters. The van der Waals surface area contributed by atoms with Gasteiger partial charge in [0, 0.05) is 6.42 Å². The SMILES string of the molecule is C/C=C1\C(OS(=O)(=O)[O-])CC2C3CCC4=CC(=O)CC[C@]4(C)C3CC[C@]12C.[Na+]. The van der Waals surface area contributed by atoms with Gasteiger partial charge in [-0.05, 0) is 85.7 Å². The van der Waals surface area contributed by atoms with E-state index >= 15 is 0 Å². The Labute approximate surface area is 190 Å². The van der Waals surface area contributed by atoms with Gasteiger partial charge in [-0.2, -0.15) is 0 Å². The van der Waals surface area contributed by atoms with Crippen LogP contribution in [0.3, 0.4) is 0 Å². The monoisotopic (exact) mass is 416 g/mol. The predicted octanol–water partition coefficient (Wildman–Crippen LogP) is 0.924. The van der Waals surface area contributed by atoms with Gasteiger partial charge in [0.2, 0.25) is 10.4 Å². The number of ketones is 1. The van der Waals surface area contributed by atoms with Crippen LogP contribution in [-0.2, 0) is 19.4 Å². The van der Waals surface area contributed by atoms with E-state index < -0.39 is 16.5 Å². The number of carbonyl (C=O) groups is 1. The Morgan fingerprint density at radius 3 is 2.50 bits per heavy atom. The molecule has 3 saturated carbocycles. The fraction of sp³-hybridized carbons (Fsp3) is 0.762. The van der Waals surface area contributed by atoms with E-state index in [2.05, 4.69) is 13.8 Å². The number of fused-ring (bicyclic) bond motifs is 5. The van der Waals surface area contributed by atoms with E-state index in [-0.39, 0.29) is 46.2 Å². The Hall–Kier alpha value is 0.0200. The van der Waals surface area contributed by atoms with Crippen LogP contribution in [0.4, 0.5) is 0 Å². The van der Waals surface area contributed by atoms with Crippen LogP contribution in [0.2, 0.25) is 0 Å². The van der Waals surface area contributed by atoms with Gasteiger partial charge in [0.15, 0.2) is 5.78 Å². The molecule has 28 heavy (non-hydrogen) atoms. The first-order valence-electron chi connectivity index (χ1n) is 10.1. The maximum Gasteiger partial charge on any atom is 1.00 e. The molecule has 0 aromatic carbocycles. The van der Waals surface area contributed by atoms with Crippen LogP contribution in [0.1, 0.15) is 65.7 Å². The van der Waals surface area contributed by atoms with E-state index in [0.717, 1.165) is 37.7 Å². The molecule has 4 aliphatic carbocycles. The molecule has 4 unspecified atom stereocenters. The standard InChI is InChI=1S/C21H30O5S.Na/c1-4-16-19(26-27(23,24)25)12-18-15-6-5-13-11-14(22)7-9-20(13,2)17(15)8-10-21(16,18)3;/h4,11,15,17-19H,5-10,12H2,1-3H3,(H,23,24,25);/q;+1/p-1/b16-4+;/t15?,17?,18?,19?,20-,21+;/m0./s1. The summed E-state index contributed by atoms with van der Waals surface area (Å²) in [5.41, 5.74) is 2.28. The molecule has 0 radical (unpaired) electrons. The van der Waals surface area contributed by atoms with Gasteiger partial charge in [-0.1, -0.05) is 25.5 Å². The van der Waals surface area contributed by atoms with Crippen LogP contribution in [-0.4, -0.2) is 24.9 Å². The summed E-state index contributed by atoms with van der Waals surface area (Å²) in [5.74, 6) is 1.58. The minimum Gasteiger partial charge on any atom is -0.726 e. The summed E-state index contributed by atoms with van der Waals surface area (Å²) in [4.78, 5) is 11.9. The molecule has 0 N–H and O–H groups in total. The van der Waals surface area contributed by atoms with Gasteiger partial charge < -0.3 is 4.55 Å². The first-order chi connectivity index (χ1) is 12.6. The summed E-state index contributed by atoms with van der Waals surface area (Å²) < 4.78 is 38.8. The Bertz CT molecular complexity index is 832. The van der Waals surface area contributed by atoms with Crippen molar-refractivity contribution in [2.45, 2.75) is 71.8 Å². The molecule has 3 fully saturated rings. The maximum absolute atomic E-state index is 11.9. The van der Waals surface area contributed by atoms with Crippen LogP contribution in [0.15, 0.2) is 23.3 Å². The fourth-order valence-corrected chi connectivity index (χ4v) is 7.61.